The van der Waals surface area contributed by atoms with Gasteiger partial charge < -0.3 is 10.4 Å². The quantitative estimate of drug-likeness (QED) is 0.627. The SMILES string of the molecule is CC.O=C(CC1Cc2ccccc2C1)NC(CN1CCC(F)C1)C(O)c1cccc(Cl)c1. The summed E-state index contributed by atoms with van der Waals surface area (Å²) in [5.41, 5.74) is 3.28. The molecule has 4 rings (SSSR count). The van der Waals surface area contributed by atoms with Crippen LogP contribution >= 0.6 is 11.6 Å². The Hall–Kier alpha value is -1.95. The van der Waals surface area contributed by atoms with Gasteiger partial charge in [-0.05, 0) is 54.0 Å². The van der Waals surface area contributed by atoms with Gasteiger partial charge in [-0.1, -0.05) is 61.8 Å². The molecule has 0 aromatic heterocycles. The number of fused-ring (bicyclic) bond motifs is 1. The minimum Gasteiger partial charge on any atom is -0.386 e. The predicted octanol–water partition coefficient (Wildman–Crippen LogP) is 4.73. The molecule has 6 heteroatoms. The fraction of sp³-hybridized carbons (Fsp3) is 0.500. The molecule has 32 heavy (non-hydrogen) atoms. The highest BCUT2D eigenvalue weighted by Crippen LogP contribution is 2.29. The number of aliphatic hydroxyl groups excluding tert-OH is 1. The highest BCUT2D eigenvalue weighted by Gasteiger charge is 2.31. The molecule has 2 aromatic carbocycles. The van der Waals surface area contributed by atoms with Gasteiger partial charge in [-0.3, -0.25) is 9.69 Å². The van der Waals surface area contributed by atoms with Gasteiger partial charge in [0.1, 0.15) is 12.3 Å². The smallest absolute Gasteiger partial charge is 0.220 e. The lowest BCUT2D eigenvalue weighted by molar-refractivity contribution is -0.123. The topological polar surface area (TPSA) is 52.6 Å². The van der Waals surface area contributed by atoms with Gasteiger partial charge in [0.15, 0.2) is 0 Å². The standard InChI is InChI=1S/C24H28ClFN2O2.C2H6/c25-20-7-3-6-19(13-20)24(30)22(15-28-9-8-21(26)14-28)27-23(29)12-16-10-17-4-1-2-5-18(17)11-16;1-2/h1-7,13,16,21-22,24,30H,8-12,14-15H2,(H,27,29);1-2H3. The number of nitrogens with one attached hydrogen (secondary N) is 1. The molecule has 0 radical (unpaired) electrons. The van der Waals surface area contributed by atoms with Gasteiger partial charge in [0.25, 0.3) is 0 Å². The first-order valence-corrected chi connectivity index (χ1v) is 12.0. The maximum Gasteiger partial charge on any atom is 0.220 e. The van der Waals surface area contributed by atoms with E-state index in [0.717, 1.165) is 12.8 Å². The van der Waals surface area contributed by atoms with Crippen molar-refractivity contribution in [3.8, 4) is 0 Å². The molecule has 1 aliphatic heterocycles. The number of benzene rings is 2. The number of halogens is 2. The first-order chi connectivity index (χ1) is 15.5. The van der Waals surface area contributed by atoms with E-state index >= 15 is 0 Å². The Kier molecular flexibility index (Phi) is 9.09. The van der Waals surface area contributed by atoms with E-state index in [2.05, 4.69) is 17.4 Å². The van der Waals surface area contributed by atoms with Gasteiger partial charge in [0, 0.05) is 31.1 Å². The molecule has 174 valence electrons. The molecule has 1 amide bonds. The lowest BCUT2D eigenvalue weighted by Gasteiger charge is -2.29. The molecule has 1 saturated heterocycles. The molecule has 3 unspecified atom stereocenters. The normalized spacial score (nSPS) is 20.2. The number of carbonyl (C=O) groups excluding carboxylic acids is 1. The van der Waals surface area contributed by atoms with E-state index in [1.54, 1.807) is 24.3 Å². The number of rotatable bonds is 7. The molecule has 1 aliphatic carbocycles. The number of likely N-dealkylation sites (tertiary alicyclic amines) is 1. The van der Waals surface area contributed by atoms with Crippen LogP contribution in [0.15, 0.2) is 48.5 Å². The van der Waals surface area contributed by atoms with E-state index in [4.69, 9.17) is 11.6 Å². The highest BCUT2D eigenvalue weighted by molar-refractivity contribution is 6.30. The summed E-state index contributed by atoms with van der Waals surface area (Å²) in [4.78, 5) is 14.8. The number of hydrogen-bond acceptors (Lipinski definition) is 3. The average molecular weight is 461 g/mol. The Balaban J connectivity index is 0.00000141. The Morgan fingerprint density at radius 2 is 1.88 bits per heavy atom. The van der Waals surface area contributed by atoms with Gasteiger partial charge >= 0.3 is 0 Å². The van der Waals surface area contributed by atoms with Gasteiger partial charge in [-0.15, -0.1) is 0 Å². The summed E-state index contributed by atoms with van der Waals surface area (Å²) < 4.78 is 13.7. The zero-order valence-corrected chi connectivity index (χ0v) is 19.7. The van der Waals surface area contributed by atoms with E-state index in [-0.39, 0.29) is 11.8 Å². The molecule has 1 heterocycles. The minimum atomic E-state index is -0.910. The van der Waals surface area contributed by atoms with Crippen LogP contribution in [0.3, 0.4) is 0 Å². The Labute approximate surface area is 195 Å². The molecule has 1 fully saturated rings. The monoisotopic (exact) mass is 460 g/mol. The van der Waals surface area contributed by atoms with Crippen LogP contribution in [0.5, 0.6) is 0 Å². The van der Waals surface area contributed by atoms with Gasteiger partial charge in [-0.2, -0.15) is 0 Å². The fourth-order valence-electron chi connectivity index (χ4n) is 4.70. The molecule has 3 atom stereocenters. The molecule has 0 saturated carbocycles. The zero-order chi connectivity index (χ0) is 23.1. The molecule has 2 aliphatic rings. The number of carbonyl (C=O) groups is 1. The minimum absolute atomic E-state index is 0.0742. The van der Waals surface area contributed by atoms with Gasteiger partial charge in [0.05, 0.1) is 6.04 Å². The second-order valence-electron chi connectivity index (χ2n) is 8.57. The van der Waals surface area contributed by atoms with Crippen LogP contribution in [0.4, 0.5) is 4.39 Å². The lowest BCUT2D eigenvalue weighted by atomic mass is 9.99. The van der Waals surface area contributed by atoms with Crippen molar-refractivity contribution in [2.24, 2.45) is 5.92 Å². The highest BCUT2D eigenvalue weighted by atomic mass is 35.5. The number of amides is 1. The van der Waals surface area contributed by atoms with Crippen LogP contribution in [-0.2, 0) is 17.6 Å². The second kappa shape index (κ2) is 11.8. The van der Waals surface area contributed by atoms with Crippen LogP contribution in [0.2, 0.25) is 5.02 Å². The summed E-state index contributed by atoms with van der Waals surface area (Å²) in [7, 11) is 0. The molecule has 0 bridgehead atoms. The molecular formula is C26H34ClFN2O2. The van der Waals surface area contributed by atoms with Gasteiger partial charge in [0.2, 0.25) is 5.91 Å². The molecule has 0 spiro atoms. The van der Waals surface area contributed by atoms with E-state index in [0.29, 0.717) is 43.1 Å². The number of alkyl halides is 1. The summed E-state index contributed by atoms with van der Waals surface area (Å²) in [6, 6.07) is 14.8. The third kappa shape index (κ3) is 6.53. The molecular weight excluding hydrogens is 427 g/mol. The van der Waals surface area contributed by atoms with Crippen molar-refractivity contribution in [1.82, 2.24) is 10.2 Å². The number of nitrogens with zero attached hydrogens (tertiary/aromatic N) is 1. The third-order valence-electron chi connectivity index (χ3n) is 6.20. The van der Waals surface area contributed by atoms with E-state index in [9.17, 15) is 14.3 Å². The summed E-state index contributed by atoms with van der Waals surface area (Å²) in [6.07, 6.45) is 0.961. The van der Waals surface area contributed by atoms with Crippen molar-refractivity contribution in [3.63, 3.8) is 0 Å². The number of hydrogen-bond donors (Lipinski definition) is 2. The van der Waals surface area contributed by atoms with E-state index in [1.165, 1.54) is 11.1 Å². The van der Waals surface area contributed by atoms with Crippen LogP contribution in [0, 0.1) is 5.92 Å². The Bertz CT molecular complexity index is 869. The van der Waals surface area contributed by atoms with Crippen LogP contribution < -0.4 is 5.32 Å². The summed E-state index contributed by atoms with van der Waals surface area (Å²) in [5, 5.41) is 14.6. The van der Waals surface area contributed by atoms with Gasteiger partial charge in [-0.25, -0.2) is 4.39 Å². The third-order valence-corrected chi connectivity index (χ3v) is 6.43. The maximum absolute atomic E-state index is 13.7. The van der Waals surface area contributed by atoms with Crippen molar-refractivity contribution in [1.29, 1.82) is 0 Å². The van der Waals surface area contributed by atoms with Crippen molar-refractivity contribution >= 4 is 17.5 Å². The molecule has 4 nitrogen and oxygen atoms in total. The van der Waals surface area contributed by atoms with E-state index in [1.807, 2.05) is 30.9 Å². The first kappa shape index (κ1) is 24.7. The Morgan fingerprint density at radius 3 is 2.47 bits per heavy atom. The molecule has 2 N–H and O–H groups in total. The van der Waals surface area contributed by atoms with Crippen molar-refractivity contribution in [3.05, 3.63) is 70.2 Å². The first-order valence-electron chi connectivity index (χ1n) is 11.6. The number of aliphatic hydroxyl groups is 1. The van der Waals surface area contributed by atoms with Crippen LogP contribution in [0.1, 0.15) is 49.5 Å². The predicted molar refractivity (Wildman–Crippen MR) is 128 cm³/mol. The van der Waals surface area contributed by atoms with Crippen molar-refractivity contribution in [2.45, 2.75) is 57.8 Å². The average Bonchev–Trinajstić information content (AvgIpc) is 3.39. The summed E-state index contributed by atoms with van der Waals surface area (Å²) >= 11 is 6.09. The zero-order valence-electron chi connectivity index (χ0n) is 18.9. The van der Waals surface area contributed by atoms with Crippen molar-refractivity contribution < 1.29 is 14.3 Å². The van der Waals surface area contributed by atoms with Crippen LogP contribution in [0.25, 0.3) is 0 Å². The lowest BCUT2D eigenvalue weighted by Crippen LogP contribution is -2.47. The van der Waals surface area contributed by atoms with Crippen molar-refractivity contribution in [2.75, 3.05) is 19.6 Å². The second-order valence-corrected chi connectivity index (χ2v) is 9.00. The molecule has 2 aromatic rings. The van der Waals surface area contributed by atoms with E-state index < -0.39 is 18.3 Å². The maximum atomic E-state index is 13.7. The summed E-state index contributed by atoms with van der Waals surface area (Å²) in [6.45, 7) is 5.38. The van der Waals surface area contributed by atoms with Crippen LogP contribution in [-0.4, -0.2) is 47.8 Å². The fourth-order valence-corrected chi connectivity index (χ4v) is 4.90. The Morgan fingerprint density at radius 1 is 1.19 bits per heavy atom. The largest absolute Gasteiger partial charge is 0.386 e. The summed E-state index contributed by atoms with van der Waals surface area (Å²) in [5.74, 6) is 0.197.